The summed E-state index contributed by atoms with van der Waals surface area (Å²) in [5, 5.41) is 0.00407. The van der Waals surface area contributed by atoms with Crippen molar-refractivity contribution in [2.75, 3.05) is 7.11 Å². The summed E-state index contributed by atoms with van der Waals surface area (Å²) in [7, 11) is -0.737. The molecule has 0 aromatic rings. The number of rotatable bonds is 5. The van der Waals surface area contributed by atoms with Gasteiger partial charge in [0.1, 0.15) is 12.4 Å². The zero-order valence-electron chi connectivity index (χ0n) is 11.9. The van der Waals surface area contributed by atoms with Gasteiger partial charge in [0.25, 0.3) is 0 Å². The molecule has 0 aliphatic heterocycles. The van der Waals surface area contributed by atoms with Gasteiger partial charge in [-0.1, -0.05) is 20.8 Å². The Labute approximate surface area is 105 Å². The fourth-order valence-electron chi connectivity index (χ4n) is 1.08. The molecule has 0 bridgehead atoms. The molecule has 0 spiro atoms. The van der Waals surface area contributed by atoms with Gasteiger partial charge in [0.05, 0.1) is 13.0 Å². The molecule has 0 unspecified atom stereocenters. The molecule has 100 valence electrons. The Morgan fingerprint density at radius 1 is 1.29 bits per heavy atom. The molecule has 5 heteroatoms. The number of hydrogen-bond donors (Lipinski definition) is 0. The molecule has 0 rings (SSSR count). The van der Waals surface area contributed by atoms with Crippen molar-refractivity contribution in [1.29, 1.82) is 0 Å². The van der Waals surface area contributed by atoms with Crippen molar-refractivity contribution in [3.8, 4) is 0 Å². The SMILES string of the molecule is COC(=O)[C@H](C)[C@H](C=O)O[Si](C)(C)C(C)(C)C. The maximum Gasteiger partial charge on any atom is 0.311 e. The maximum atomic E-state index is 11.4. The maximum absolute atomic E-state index is 11.4. The molecule has 4 nitrogen and oxygen atoms in total. The van der Waals surface area contributed by atoms with E-state index in [1.165, 1.54) is 7.11 Å². The summed E-state index contributed by atoms with van der Waals surface area (Å²) in [6.07, 6.45) is -0.0226. The van der Waals surface area contributed by atoms with Gasteiger partial charge in [-0.3, -0.25) is 4.79 Å². The van der Waals surface area contributed by atoms with Crippen LogP contribution in [0.5, 0.6) is 0 Å². The van der Waals surface area contributed by atoms with Crippen LogP contribution < -0.4 is 0 Å². The van der Waals surface area contributed by atoms with Crippen LogP contribution in [0.1, 0.15) is 27.7 Å². The molecule has 0 saturated carbocycles. The summed E-state index contributed by atoms with van der Waals surface area (Å²) in [6.45, 7) is 12.0. The van der Waals surface area contributed by atoms with Crippen LogP contribution in [-0.2, 0) is 18.8 Å². The Morgan fingerprint density at radius 2 is 1.76 bits per heavy atom. The summed E-state index contributed by atoms with van der Waals surface area (Å²) in [5.74, 6) is -0.979. The molecule has 0 saturated heterocycles. The minimum absolute atomic E-state index is 0.00407. The number of ether oxygens (including phenoxy) is 1. The first kappa shape index (κ1) is 16.3. The van der Waals surface area contributed by atoms with E-state index >= 15 is 0 Å². The number of esters is 1. The van der Waals surface area contributed by atoms with Gasteiger partial charge in [0, 0.05) is 0 Å². The number of methoxy groups -OCH3 is 1. The largest absolute Gasteiger partial charge is 0.469 e. The van der Waals surface area contributed by atoms with E-state index in [9.17, 15) is 9.59 Å². The lowest BCUT2D eigenvalue weighted by Crippen LogP contribution is -2.47. The van der Waals surface area contributed by atoms with Gasteiger partial charge in [-0.2, -0.15) is 0 Å². The molecule has 0 N–H and O–H groups in total. The van der Waals surface area contributed by atoms with E-state index in [2.05, 4.69) is 25.5 Å². The lowest BCUT2D eigenvalue weighted by molar-refractivity contribution is -0.149. The third kappa shape index (κ3) is 4.24. The van der Waals surface area contributed by atoms with Crippen LogP contribution in [-0.4, -0.2) is 33.8 Å². The van der Waals surface area contributed by atoms with Crippen molar-refractivity contribution in [1.82, 2.24) is 0 Å². The fraction of sp³-hybridized carbons (Fsp3) is 0.833. The van der Waals surface area contributed by atoms with Crippen molar-refractivity contribution in [2.24, 2.45) is 5.92 Å². The molecular formula is C12H24O4Si. The molecule has 0 radical (unpaired) electrons. The molecular weight excluding hydrogens is 236 g/mol. The van der Waals surface area contributed by atoms with E-state index in [1.54, 1.807) is 6.92 Å². The number of hydrogen-bond acceptors (Lipinski definition) is 4. The highest BCUT2D eigenvalue weighted by Crippen LogP contribution is 2.37. The van der Waals surface area contributed by atoms with E-state index in [0.29, 0.717) is 6.29 Å². The lowest BCUT2D eigenvalue weighted by Gasteiger charge is -2.38. The Kier molecular flexibility index (Phi) is 5.54. The topological polar surface area (TPSA) is 52.6 Å². The highest BCUT2D eigenvalue weighted by Gasteiger charge is 2.41. The third-order valence-electron chi connectivity index (χ3n) is 3.44. The first-order valence-electron chi connectivity index (χ1n) is 5.77. The predicted molar refractivity (Wildman–Crippen MR) is 69.3 cm³/mol. The van der Waals surface area contributed by atoms with Gasteiger partial charge in [-0.05, 0) is 25.1 Å². The second kappa shape index (κ2) is 5.77. The quantitative estimate of drug-likeness (QED) is 0.433. The number of aldehydes is 1. The second-order valence-corrected chi connectivity index (χ2v) is 10.5. The van der Waals surface area contributed by atoms with Gasteiger partial charge in [-0.15, -0.1) is 0 Å². The van der Waals surface area contributed by atoms with Crippen molar-refractivity contribution in [3.63, 3.8) is 0 Å². The molecule has 0 aromatic carbocycles. The van der Waals surface area contributed by atoms with Crippen molar-refractivity contribution < 1.29 is 18.8 Å². The van der Waals surface area contributed by atoms with E-state index in [1.807, 2.05) is 13.1 Å². The van der Waals surface area contributed by atoms with Crippen molar-refractivity contribution in [3.05, 3.63) is 0 Å². The fourth-order valence-corrected chi connectivity index (χ4v) is 2.38. The van der Waals surface area contributed by atoms with Gasteiger partial charge in [0.2, 0.25) is 0 Å². The van der Waals surface area contributed by atoms with E-state index in [0.717, 1.165) is 0 Å². The van der Waals surface area contributed by atoms with Crippen molar-refractivity contribution >= 4 is 20.6 Å². The summed E-state index contributed by atoms with van der Waals surface area (Å²) in [5.41, 5.74) is 0. The standard InChI is InChI=1S/C12H24O4Si/c1-9(11(14)15-5)10(8-13)16-17(6,7)12(2,3)4/h8-10H,1-7H3/t9-,10+/m1/s1. The molecule has 2 atom stereocenters. The van der Waals surface area contributed by atoms with E-state index in [4.69, 9.17) is 4.43 Å². The van der Waals surface area contributed by atoms with Crippen LogP contribution >= 0.6 is 0 Å². The van der Waals surface area contributed by atoms with E-state index < -0.39 is 26.3 Å². The van der Waals surface area contributed by atoms with Gasteiger partial charge in [-0.25, -0.2) is 0 Å². The van der Waals surface area contributed by atoms with Crippen LogP contribution in [0, 0.1) is 5.92 Å². The van der Waals surface area contributed by atoms with Crippen LogP contribution in [0.15, 0.2) is 0 Å². The van der Waals surface area contributed by atoms with Gasteiger partial charge >= 0.3 is 5.97 Å². The Bertz CT molecular complexity index is 281. The van der Waals surface area contributed by atoms with Crippen LogP contribution in [0.4, 0.5) is 0 Å². The first-order chi connectivity index (χ1) is 7.56. The molecule has 0 heterocycles. The minimum atomic E-state index is -2.05. The summed E-state index contributed by atoms with van der Waals surface area (Å²) in [6, 6.07) is 0. The molecule has 17 heavy (non-hydrogen) atoms. The second-order valence-electron chi connectivity index (χ2n) is 5.79. The molecule has 0 amide bonds. The first-order valence-corrected chi connectivity index (χ1v) is 8.68. The van der Waals surface area contributed by atoms with Crippen LogP contribution in [0.3, 0.4) is 0 Å². The zero-order chi connectivity index (χ0) is 13.9. The third-order valence-corrected chi connectivity index (χ3v) is 7.91. The average Bonchev–Trinajstić information content (AvgIpc) is 2.22. The van der Waals surface area contributed by atoms with Crippen molar-refractivity contribution in [2.45, 2.75) is 51.9 Å². The van der Waals surface area contributed by atoms with Gasteiger partial charge < -0.3 is 14.0 Å². The Hall–Kier alpha value is -0.683. The monoisotopic (exact) mass is 260 g/mol. The summed E-state index contributed by atoms with van der Waals surface area (Å²) in [4.78, 5) is 22.5. The molecule has 0 fully saturated rings. The van der Waals surface area contributed by atoms with E-state index in [-0.39, 0.29) is 5.04 Å². The smallest absolute Gasteiger partial charge is 0.311 e. The zero-order valence-corrected chi connectivity index (χ0v) is 12.9. The normalized spacial score (nSPS) is 16.2. The Balaban J connectivity index is 4.83. The Morgan fingerprint density at radius 3 is 2.06 bits per heavy atom. The number of carbonyl (C=O) groups excluding carboxylic acids is 2. The van der Waals surface area contributed by atoms with Crippen LogP contribution in [0.25, 0.3) is 0 Å². The van der Waals surface area contributed by atoms with Crippen LogP contribution in [0.2, 0.25) is 18.1 Å². The summed E-state index contributed by atoms with van der Waals surface area (Å²) < 4.78 is 10.5. The number of carbonyl (C=O) groups is 2. The highest BCUT2D eigenvalue weighted by atomic mass is 28.4. The predicted octanol–water partition coefficient (Wildman–Crippen LogP) is 2.38. The van der Waals surface area contributed by atoms with Gasteiger partial charge in [0.15, 0.2) is 8.32 Å². The molecule has 0 aliphatic rings. The molecule has 0 aromatic heterocycles. The highest BCUT2D eigenvalue weighted by molar-refractivity contribution is 6.74. The average molecular weight is 260 g/mol. The molecule has 0 aliphatic carbocycles. The minimum Gasteiger partial charge on any atom is -0.469 e. The summed E-state index contributed by atoms with van der Waals surface area (Å²) >= 11 is 0. The lowest BCUT2D eigenvalue weighted by atomic mass is 10.1.